The Kier molecular flexibility index (Phi) is 4.14. The Hall–Kier alpha value is -4.01. The first kappa shape index (κ1) is 19.0. The van der Waals surface area contributed by atoms with E-state index in [0.29, 0.717) is 18.5 Å². The summed E-state index contributed by atoms with van der Waals surface area (Å²) >= 11 is 0. The van der Waals surface area contributed by atoms with E-state index < -0.39 is 10.5 Å². The van der Waals surface area contributed by atoms with E-state index in [2.05, 4.69) is 10.1 Å². The molecule has 1 atom stereocenters. The van der Waals surface area contributed by atoms with Crippen molar-refractivity contribution in [2.24, 2.45) is 5.10 Å². The molecular formula is C22H19N5O4. The Morgan fingerprint density at radius 1 is 1.16 bits per heavy atom. The highest BCUT2D eigenvalue weighted by Gasteiger charge is 2.54. The van der Waals surface area contributed by atoms with E-state index in [9.17, 15) is 19.7 Å². The van der Waals surface area contributed by atoms with Gasteiger partial charge in [0.15, 0.2) is 5.54 Å². The number of piperazine rings is 1. The monoisotopic (exact) mass is 417 g/mol. The van der Waals surface area contributed by atoms with E-state index >= 15 is 0 Å². The molecule has 1 fully saturated rings. The molecule has 2 aromatic carbocycles. The smallest absolute Gasteiger partial charge is 0.275 e. The standard InChI is InChI=1S/C22H19N5O4/c1-22-20-17(16-4-2-3-5-18(16)24-20)10-11-25(22)19(28)13-26(21(22)29)23-12-14-6-8-15(9-7-14)27(30)31/h2-9,12,24H,10-11,13H2,1H3. The van der Waals surface area contributed by atoms with Gasteiger partial charge < -0.3 is 9.88 Å². The molecule has 0 saturated carbocycles. The minimum absolute atomic E-state index is 0.0296. The number of hydrogen-bond donors (Lipinski definition) is 1. The van der Waals surface area contributed by atoms with Crippen LogP contribution in [-0.2, 0) is 21.5 Å². The van der Waals surface area contributed by atoms with Gasteiger partial charge in [0.05, 0.1) is 16.8 Å². The lowest BCUT2D eigenvalue weighted by molar-refractivity contribution is -0.384. The highest BCUT2D eigenvalue weighted by Crippen LogP contribution is 2.41. The van der Waals surface area contributed by atoms with Gasteiger partial charge in [-0.2, -0.15) is 5.10 Å². The van der Waals surface area contributed by atoms with Gasteiger partial charge in [-0.25, -0.2) is 5.01 Å². The van der Waals surface area contributed by atoms with Crippen LogP contribution in [-0.4, -0.2) is 50.9 Å². The molecule has 3 aromatic rings. The van der Waals surface area contributed by atoms with E-state index in [0.717, 1.165) is 22.2 Å². The molecule has 0 spiro atoms. The second kappa shape index (κ2) is 6.76. The quantitative estimate of drug-likeness (QED) is 0.401. The van der Waals surface area contributed by atoms with Crippen LogP contribution in [0.2, 0.25) is 0 Å². The van der Waals surface area contributed by atoms with Crippen LogP contribution < -0.4 is 0 Å². The predicted octanol–water partition coefficient (Wildman–Crippen LogP) is 2.55. The van der Waals surface area contributed by atoms with E-state index in [1.165, 1.54) is 23.4 Å². The average Bonchev–Trinajstić information content (AvgIpc) is 3.16. The number of nitro benzene ring substituents is 1. The third-order valence-corrected chi connectivity index (χ3v) is 6.11. The summed E-state index contributed by atoms with van der Waals surface area (Å²) in [6, 6.07) is 13.7. The maximum absolute atomic E-state index is 13.5. The average molecular weight is 417 g/mol. The lowest BCUT2D eigenvalue weighted by Crippen LogP contribution is -2.65. The number of nitrogens with one attached hydrogen (secondary N) is 1. The number of nitro groups is 1. The van der Waals surface area contributed by atoms with E-state index in [1.54, 1.807) is 24.0 Å². The first-order valence-electron chi connectivity index (χ1n) is 9.90. The van der Waals surface area contributed by atoms with Crippen molar-refractivity contribution in [2.75, 3.05) is 13.1 Å². The fraction of sp³-hybridized carbons (Fsp3) is 0.227. The first-order chi connectivity index (χ1) is 14.9. The molecule has 2 amide bonds. The van der Waals surface area contributed by atoms with Crippen LogP contribution in [0.4, 0.5) is 5.69 Å². The molecule has 9 heteroatoms. The molecule has 1 N–H and O–H groups in total. The molecule has 5 rings (SSSR count). The molecule has 0 bridgehead atoms. The summed E-state index contributed by atoms with van der Waals surface area (Å²) in [6.07, 6.45) is 2.11. The number of carbonyl (C=O) groups is 2. The second-order valence-corrected chi connectivity index (χ2v) is 7.85. The van der Waals surface area contributed by atoms with E-state index in [4.69, 9.17) is 0 Å². The maximum atomic E-state index is 13.5. The molecule has 31 heavy (non-hydrogen) atoms. The van der Waals surface area contributed by atoms with Gasteiger partial charge >= 0.3 is 0 Å². The molecule has 3 heterocycles. The predicted molar refractivity (Wildman–Crippen MR) is 113 cm³/mol. The number of aromatic amines is 1. The van der Waals surface area contributed by atoms with Crippen LogP contribution in [0.5, 0.6) is 0 Å². The van der Waals surface area contributed by atoms with Gasteiger partial charge in [0.2, 0.25) is 5.91 Å². The number of H-pyrrole nitrogens is 1. The van der Waals surface area contributed by atoms with E-state index in [-0.39, 0.29) is 24.0 Å². The summed E-state index contributed by atoms with van der Waals surface area (Å²) in [5.74, 6) is -0.468. The minimum atomic E-state index is -1.17. The van der Waals surface area contributed by atoms with Gasteiger partial charge in [0, 0.05) is 29.6 Å². The molecule has 1 aromatic heterocycles. The largest absolute Gasteiger partial charge is 0.356 e. The number of non-ortho nitro benzene ring substituents is 1. The number of amides is 2. The third kappa shape index (κ3) is 2.81. The zero-order valence-corrected chi connectivity index (χ0v) is 16.7. The Morgan fingerprint density at radius 3 is 2.65 bits per heavy atom. The summed E-state index contributed by atoms with van der Waals surface area (Å²) in [4.78, 5) is 41.8. The Morgan fingerprint density at radius 2 is 1.90 bits per heavy atom. The van der Waals surface area contributed by atoms with Crippen molar-refractivity contribution in [1.82, 2.24) is 14.9 Å². The Bertz CT molecular complexity index is 1260. The number of hydrazone groups is 1. The molecule has 0 aliphatic carbocycles. The van der Waals surface area contributed by atoms with Gasteiger partial charge in [0.1, 0.15) is 6.54 Å². The van der Waals surface area contributed by atoms with Crippen LogP contribution in [0.1, 0.15) is 23.7 Å². The number of rotatable bonds is 3. The SMILES string of the molecule is CC12C(=O)N(N=Cc3ccc([N+](=O)[O-])cc3)CC(=O)N1CCc1c2[nH]c2ccccc12. The number of aromatic nitrogens is 1. The van der Waals surface area contributed by atoms with Crippen molar-refractivity contribution in [3.05, 3.63) is 75.5 Å². The van der Waals surface area contributed by atoms with Crippen LogP contribution in [0.3, 0.4) is 0 Å². The van der Waals surface area contributed by atoms with Crippen molar-refractivity contribution < 1.29 is 14.5 Å². The molecular weight excluding hydrogens is 398 g/mol. The van der Waals surface area contributed by atoms with Gasteiger partial charge in [-0.1, -0.05) is 18.2 Å². The third-order valence-electron chi connectivity index (χ3n) is 6.11. The normalized spacial score (nSPS) is 20.9. The van der Waals surface area contributed by atoms with E-state index in [1.807, 2.05) is 24.3 Å². The second-order valence-electron chi connectivity index (χ2n) is 7.85. The number of carbonyl (C=O) groups excluding carboxylic acids is 2. The first-order valence-corrected chi connectivity index (χ1v) is 9.90. The van der Waals surface area contributed by atoms with Gasteiger partial charge in [-0.05, 0) is 42.7 Å². The van der Waals surface area contributed by atoms with Crippen LogP contribution >= 0.6 is 0 Å². The topological polar surface area (TPSA) is 112 Å². The summed E-state index contributed by atoms with van der Waals surface area (Å²) < 4.78 is 0. The highest BCUT2D eigenvalue weighted by molar-refractivity contribution is 6.01. The molecule has 2 aliphatic rings. The van der Waals surface area contributed by atoms with Crippen molar-refractivity contribution in [1.29, 1.82) is 0 Å². The van der Waals surface area contributed by atoms with Gasteiger partial charge in [-0.3, -0.25) is 19.7 Å². The molecule has 9 nitrogen and oxygen atoms in total. The summed E-state index contributed by atoms with van der Waals surface area (Å²) in [7, 11) is 0. The molecule has 1 unspecified atom stereocenters. The number of para-hydroxylation sites is 1. The summed E-state index contributed by atoms with van der Waals surface area (Å²) in [6.45, 7) is 2.08. The van der Waals surface area contributed by atoms with Crippen LogP contribution in [0.15, 0.2) is 53.6 Å². The number of nitrogens with zero attached hydrogens (tertiary/aromatic N) is 4. The van der Waals surface area contributed by atoms with Gasteiger partial charge in [-0.15, -0.1) is 0 Å². The number of hydrogen-bond acceptors (Lipinski definition) is 5. The molecule has 156 valence electrons. The molecule has 0 radical (unpaired) electrons. The fourth-order valence-corrected chi connectivity index (χ4v) is 4.50. The minimum Gasteiger partial charge on any atom is -0.356 e. The van der Waals surface area contributed by atoms with Gasteiger partial charge in [0.25, 0.3) is 11.6 Å². The number of fused-ring (bicyclic) bond motifs is 5. The number of benzene rings is 2. The van der Waals surface area contributed by atoms with Crippen molar-refractivity contribution in [3.63, 3.8) is 0 Å². The van der Waals surface area contributed by atoms with Crippen molar-refractivity contribution >= 4 is 34.6 Å². The maximum Gasteiger partial charge on any atom is 0.275 e. The Labute approximate surface area is 177 Å². The van der Waals surface area contributed by atoms with Crippen molar-refractivity contribution in [3.8, 4) is 0 Å². The summed E-state index contributed by atoms with van der Waals surface area (Å²) in [5.41, 5.74) is 2.10. The van der Waals surface area contributed by atoms with Crippen LogP contribution in [0, 0.1) is 10.1 Å². The zero-order chi connectivity index (χ0) is 21.8. The molecule has 1 saturated heterocycles. The summed E-state index contributed by atoms with van der Waals surface area (Å²) in [5, 5.41) is 17.3. The fourth-order valence-electron chi connectivity index (χ4n) is 4.50. The molecule has 2 aliphatic heterocycles. The lowest BCUT2D eigenvalue weighted by Gasteiger charge is -2.48. The highest BCUT2D eigenvalue weighted by atomic mass is 16.6. The van der Waals surface area contributed by atoms with Crippen molar-refractivity contribution in [2.45, 2.75) is 18.9 Å². The zero-order valence-electron chi connectivity index (χ0n) is 16.7. The van der Waals surface area contributed by atoms with Crippen LogP contribution in [0.25, 0.3) is 10.9 Å². The lowest BCUT2D eigenvalue weighted by atomic mass is 9.83. The Balaban J connectivity index is 1.51.